The van der Waals surface area contributed by atoms with Gasteiger partial charge >= 0.3 is 5.97 Å². The number of nitrogens with one attached hydrogen (secondary N) is 1. The number of halogens is 1. The van der Waals surface area contributed by atoms with E-state index in [-0.39, 0.29) is 10.6 Å². The fraction of sp³-hybridized carbons (Fsp3) is 0.0714. The Kier molecular flexibility index (Phi) is 2.81. The highest BCUT2D eigenvalue weighted by Gasteiger charge is 2.17. The molecule has 0 amide bonds. The number of H-pyrrole nitrogens is 1. The normalized spacial score (nSPS) is 10.7. The van der Waals surface area contributed by atoms with Crippen molar-refractivity contribution in [2.75, 3.05) is 7.11 Å². The third-order valence-electron chi connectivity index (χ3n) is 3.09. The van der Waals surface area contributed by atoms with Crippen molar-refractivity contribution < 1.29 is 9.53 Å². The maximum absolute atomic E-state index is 11.6. The summed E-state index contributed by atoms with van der Waals surface area (Å²) in [4.78, 5) is 18.9. The number of nitrogens with zero attached hydrogens (tertiary/aromatic N) is 2. The second kappa shape index (κ2) is 4.51. The Morgan fingerprint density at radius 3 is 3.00 bits per heavy atom. The number of pyridine rings is 1. The minimum absolute atomic E-state index is 0.199. The summed E-state index contributed by atoms with van der Waals surface area (Å²) in [7, 11) is 1.28. The number of carbonyl (C=O) groups is 1. The van der Waals surface area contributed by atoms with E-state index < -0.39 is 5.97 Å². The molecule has 0 saturated carbocycles. The van der Waals surface area contributed by atoms with Crippen molar-refractivity contribution in [2.45, 2.75) is 0 Å². The van der Waals surface area contributed by atoms with Gasteiger partial charge in [-0.1, -0.05) is 11.6 Å². The summed E-state index contributed by atoms with van der Waals surface area (Å²) in [5, 5.41) is 10.6. The molecule has 20 heavy (non-hydrogen) atoms. The number of esters is 1. The van der Waals surface area contributed by atoms with E-state index in [0.717, 1.165) is 10.9 Å². The molecule has 0 unspecified atom stereocenters. The highest BCUT2D eigenvalue weighted by Crippen LogP contribution is 2.33. The zero-order valence-electron chi connectivity index (χ0n) is 10.4. The molecule has 3 aromatic rings. The van der Waals surface area contributed by atoms with E-state index in [0.29, 0.717) is 16.6 Å². The topological polar surface area (TPSA) is 78.8 Å². The van der Waals surface area contributed by atoms with Crippen molar-refractivity contribution in [2.24, 2.45) is 0 Å². The van der Waals surface area contributed by atoms with Gasteiger partial charge in [0, 0.05) is 22.5 Å². The number of aromatic nitrogens is 2. The molecule has 0 spiro atoms. The Morgan fingerprint density at radius 2 is 2.30 bits per heavy atom. The van der Waals surface area contributed by atoms with Gasteiger partial charge in [0.1, 0.15) is 5.65 Å². The van der Waals surface area contributed by atoms with Gasteiger partial charge in [-0.15, -0.1) is 0 Å². The van der Waals surface area contributed by atoms with Gasteiger partial charge in [-0.05, 0) is 18.2 Å². The summed E-state index contributed by atoms with van der Waals surface area (Å²) in [6, 6.07) is 7.27. The summed E-state index contributed by atoms with van der Waals surface area (Å²) in [5.74, 6) is -0.546. The van der Waals surface area contributed by atoms with Crippen LogP contribution in [0.15, 0.2) is 24.4 Å². The lowest BCUT2D eigenvalue weighted by molar-refractivity contribution is 0.0600. The second-order valence-electron chi connectivity index (χ2n) is 4.20. The number of benzene rings is 1. The summed E-state index contributed by atoms with van der Waals surface area (Å²) in [5.41, 5.74) is 2.08. The van der Waals surface area contributed by atoms with E-state index in [9.17, 15) is 4.79 Å². The molecule has 0 aliphatic rings. The number of hydrogen-bond acceptors (Lipinski definition) is 4. The molecule has 0 fully saturated rings. The molecule has 2 heterocycles. The number of fused-ring (bicyclic) bond motifs is 3. The van der Waals surface area contributed by atoms with Gasteiger partial charge in [0.25, 0.3) is 0 Å². The molecule has 0 bridgehead atoms. The van der Waals surface area contributed by atoms with E-state index >= 15 is 0 Å². The van der Waals surface area contributed by atoms with Crippen LogP contribution in [0.5, 0.6) is 0 Å². The predicted molar refractivity (Wildman–Crippen MR) is 74.7 cm³/mol. The van der Waals surface area contributed by atoms with Crippen molar-refractivity contribution in [3.63, 3.8) is 0 Å². The molecule has 0 atom stereocenters. The first-order valence-corrected chi connectivity index (χ1v) is 6.12. The number of methoxy groups -OCH3 is 1. The standard InChI is InChI=1S/C14H8ClN3O2/c1-20-14(19)9-6-17-13-11(12(9)15)8-4-7(5-16)2-3-10(8)18-13/h2-4,6H,1H3,(H,17,18). The van der Waals surface area contributed by atoms with Crippen LogP contribution in [0.3, 0.4) is 0 Å². The third-order valence-corrected chi connectivity index (χ3v) is 3.48. The smallest absolute Gasteiger partial charge is 0.340 e. The average Bonchev–Trinajstić information content (AvgIpc) is 2.85. The Morgan fingerprint density at radius 1 is 1.50 bits per heavy atom. The van der Waals surface area contributed by atoms with Crippen LogP contribution in [-0.4, -0.2) is 23.0 Å². The largest absolute Gasteiger partial charge is 0.465 e. The predicted octanol–water partition coefficient (Wildman–Crippen LogP) is 3.03. The van der Waals surface area contributed by atoms with E-state index in [2.05, 4.69) is 20.8 Å². The highest BCUT2D eigenvalue weighted by atomic mass is 35.5. The summed E-state index contributed by atoms with van der Waals surface area (Å²) in [6.45, 7) is 0. The van der Waals surface area contributed by atoms with Crippen LogP contribution in [0.25, 0.3) is 21.9 Å². The SMILES string of the molecule is COC(=O)c1cnc2[nH]c3ccc(C#N)cc3c2c1Cl. The van der Waals surface area contributed by atoms with Crippen LogP contribution >= 0.6 is 11.6 Å². The van der Waals surface area contributed by atoms with Crippen molar-refractivity contribution in [3.05, 3.63) is 40.5 Å². The monoisotopic (exact) mass is 285 g/mol. The number of ether oxygens (including phenoxy) is 1. The van der Waals surface area contributed by atoms with Crippen LogP contribution < -0.4 is 0 Å². The highest BCUT2D eigenvalue weighted by molar-refractivity contribution is 6.40. The number of carbonyl (C=O) groups excluding carboxylic acids is 1. The number of hydrogen-bond donors (Lipinski definition) is 1. The van der Waals surface area contributed by atoms with Crippen LogP contribution in [0.1, 0.15) is 15.9 Å². The van der Waals surface area contributed by atoms with Gasteiger partial charge in [-0.3, -0.25) is 0 Å². The molecule has 0 saturated heterocycles. The quantitative estimate of drug-likeness (QED) is 0.697. The van der Waals surface area contributed by atoms with Crippen LogP contribution in [0.4, 0.5) is 0 Å². The number of aromatic amines is 1. The van der Waals surface area contributed by atoms with Crippen LogP contribution in [0.2, 0.25) is 5.02 Å². The van der Waals surface area contributed by atoms with Crippen molar-refractivity contribution in [3.8, 4) is 6.07 Å². The Balaban J connectivity index is 2.42. The number of rotatable bonds is 1. The molecule has 2 aromatic heterocycles. The van der Waals surface area contributed by atoms with Gasteiger partial charge in [0.15, 0.2) is 0 Å². The van der Waals surface area contributed by atoms with E-state index in [1.165, 1.54) is 13.3 Å². The molecular weight excluding hydrogens is 278 g/mol. The van der Waals surface area contributed by atoms with Gasteiger partial charge in [0.2, 0.25) is 0 Å². The summed E-state index contributed by atoms with van der Waals surface area (Å²) >= 11 is 6.29. The molecular formula is C14H8ClN3O2. The van der Waals surface area contributed by atoms with Gasteiger partial charge in [-0.25, -0.2) is 9.78 Å². The Labute approximate surface area is 118 Å². The lowest BCUT2D eigenvalue weighted by Gasteiger charge is -2.02. The maximum atomic E-state index is 11.6. The average molecular weight is 286 g/mol. The summed E-state index contributed by atoms with van der Waals surface area (Å²) in [6.07, 6.45) is 1.37. The molecule has 3 rings (SSSR count). The van der Waals surface area contributed by atoms with E-state index in [1.54, 1.807) is 18.2 Å². The summed E-state index contributed by atoms with van der Waals surface area (Å²) < 4.78 is 4.67. The minimum atomic E-state index is -0.546. The zero-order chi connectivity index (χ0) is 14.3. The molecule has 98 valence electrons. The lowest BCUT2D eigenvalue weighted by atomic mass is 10.1. The molecule has 1 N–H and O–H groups in total. The lowest BCUT2D eigenvalue weighted by Crippen LogP contribution is -2.02. The van der Waals surface area contributed by atoms with Crippen LogP contribution in [-0.2, 0) is 4.74 Å². The van der Waals surface area contributed by atoms with Gasteiger partial charge < -0.3 is 9.72 Å². The fourth-order valence-corrected chi connectivity index (χ4v) is 2.46. The van der Waals surface area contributed by atoms with Crippen molar-refractivity contribution in [1.82, 2.24) is 9.97 Å². The van der Waals surface area contributed by atoms with Crippen LogP contribution in [0, 0.1) is 11.3 Å². The third kappa shape index (κ3) is 1.70. The molecule has 0 aliphatic carbocycles. The first kappa shape index (κ1) is 12.5. The van der Waals surface area contributed by atoms with Gasteiger partial charge in [-0.2, -0.15) is 5.26 Å². The molecule has 5 nitrogen and oxygen atoms in total. The number of nitriles is 1. The zero-order valence-corrected chi connectivity index (χ0v) is 11.2. The second-order valence-corrected chi connectivity index (χ2v) is 4.58. The molecule has 6 heteroatoms. The molecule has 0 aliphatic heterocycles. The molecule has 0 radical (unpaired) electrons. The first-order chi connectivity index (χ1) is 9.65. The molecule has 1 aromatic carbocycles. The Hall–Kier alpha value is -2.58. The van der Waals surface area contributed by atoms with Crippen molar-refractivity contribution >= 4 is 39.5 Å². The maximum Gasteiger partial charge on any atom is 0.340 e. The van der Waals surface area contributed by atoms with E-state index in [1.807, 2.05) is 0 Å². The Bertz CT molecular complexity index is 893. The minimum Gasteiger partial charge on any atom is -0.465 e. The fourth-order valence-electron chi connectivity index (χ4n) is 2.14. The van der Waals surface area contributed by atoms with Gasteiger partial charge in [0.05, 0.1) is 29.3 Å². The first-order valence-electron chi connectivity index (χ1n) is 5.74. The van der Waals surface area contributed by atoms with Crippen molar-refractivity contribution in [1.29, 1.82) is 5.26 Å². The van der Waals surface area contributed by atoms with E-state index in [4.69, 9.17) is 16.9 Å².